The van der Waals surface area contributed by atoms with Crippen molar-refractivity contribution in [1.29, 1.82) is 0 Å². The third-order valence-corrected chi connectivity index (χ3v) is 24.8. The van der Waals surface area contributed by atoms with Crippen LogP contribution in [0.1, 0.15) is 140 Å². The minimum atomic E-state index is -1.68. The molecule has 7 heteroatoms. The first-order chi connectivity index (χ1) is 22.8. The van der Waals surface area contributed by atoms with Crippen LogP contribution < -0.4 is 0 Å². The van der Waals surface area contributed by atoms with Crippen molar-refractivity contribution in [3.63, 3.8) is 0 Å². The van der Waals surface area contributed by atoms with Gasteiger partial charge in [0, 0.05) is 0 Å². The Labute approximate surface area is 299 Å². The van der Waals surface area contributed by atoms with E-state index in [1.165, 1.54) is 125 Å². The van der Waals surface area contributed by atoms with Gasteiger partial charge in [-0.3, -0.25) is 0 Å². The Balaban J connectivity index is 1.80. The molecule has 0 aliphatic heterocycles. The summed E-state index contributed by atoms with van der Waals surface area (Å²) in [6.45, 7) is 13.8. The van der Waals surface area contributed by atoms with Gasteiger partial charge in [0.15, 0.2) is 0 Å². The summed E-state index contributed by atoms with van der Waals surface area (Å²) in [5.74, 6) is 1.10. The zero-order valence-electron chi connectivity index (χ0n) is 30.6. The van der Waals surface area contributed by atoms with Crippen LogP contribution in [-0.4, -0.2) is 47.2 Å². The molecule has 1 aromatic heterocycles. The van der Waals surface area contributed by atoms with Gasteiger partial charge in [-0.2, -0.15) is 0 Å². The van der Waals surface area contributed by atoms with E-state index < -0.39 is 14.5 Å². The van der Waals surface area contributed by atoms with Crippen LogP contribution in [0.15, 0.2) is 52.9 Å². The number of halogens is 2. The molecular weight excluding hydrogens is 657 g/mol. The first-order valence-corrected chi connectivity index (χ1v) is 25.4. The molecule has 3 rings (SSSR count). The van der Waals surface area contributed by atoms with Crippen LogP contribution in [0.4, 0.5) is 0 Å². The summed E-state index contributed by atoms with van der Waals surface area (Å²) in [4.78, 5) is 0. The Bertz CT molecular complexity index is 1120. The molecular formula is C40H66Cl2N2OP2. The molecule has 0 aliphatic rings. The molecule has 47 heavy (non-hydrogen) atoms. The van der Waals surface area contributed by atoms with Gasteiger partial charge in [0.25, 0.3) is 0 Å². The Morgan fingerprint density at radius 2 is 0.723 bits per heavy atom. The molecule has 0 saturated heterocycles. The standard InChI is InChI=1S/C40H66Cl2N2OP2/c1-7-13-27-46(28-14-8-2,29-15-9-3)37(41)33-19-23-35(24-20-33)39-43-44-40(45-39)36-25-21-34(22-26-36)38(42)47(30-16-10-4,31-17-11-5)32-18-12-6/h19-26,37-38,46-47H,7-18,27-32H2,1-6H3. The topological polar surface area (TPSA) is 38.9 Å². The second kappa shape index (κ2) is 21.3. The van der Waals surface area contributed by atoms with Crippen molar-refractivity contribution in [3.05, 3.63) is 59.7 Å². The van der Waals surface area contributed by atoms with Gasteiger partial charge in [0.1, 0.15) is 0 Å². The summed E-state index contributed by atoms with van der Waals surface area (Å²) in [6, 6.07) is 17.3. The number of alkyl halides is 2. The van der Waals surface area contributed by atoms with E-state index in [0.29, 0.717) is 11.8 Å². The van der Waals surface area contributed by atoms with Crippen molar-refractivity contribution < 1.29 is 4.42 Å². The second-order valence-electron chi connectivity index (χ2n) is 14.2. The molecule has 0 amide bonds. The number of hydrogen-bond acceptors (Lipinski definition) is 3. The zero-order chi connectivity index (χ0) is 34.1. The first kappa shape index (κ1) is 40.4. The maximum atomic E-state index is 7.46. The molecule has 0 spiro atoms. The summed E-state index contributed by atoms with van der Waals surface area (Å²) in [5, 5.41) is 9.16. The molecule has 2 aromatic carbocycles. The van der Waals surface area contributed by atoms with Crippen molar-refractivity contribution in [3.8, 4) is 22.9 Å². The number of aromatic nitrogens is 2. The summed E-state index contributed by atoms with van der Waals surface area (Å²) >= 11 is 14.9. The third-order valence-electron chi connectivity index (χ3n) is 10.6. The van der Waals surface area contributed by atoms with E-state index in [-0.39, 0.29) is 10.2 Å². The first-order valence-electron chi connectivity index (χ1n) is 19.2. The number of rotatable bonds is 24. The molecule has 2 unspecified atom stereocenters. The summed E-state index contributed by atoms with van der Waals surface area (Å²) in [5.41, 5.74) is 4.39. The van der Waals surface area contributed by atoms with Crippen LogP contribution in [0.3, 0.4) is 0 Å². The van der Waals surface area contributed by atoms with Gasteiger partial charge in [-0.05, 0) is 0 Å². The molecule has 3 aromatic rings. The van der Waals surface area contributed by atoms with Gasteiger partial charge in [0.2, 0.25) is 0 Å². The number of hydrogen-bond donors (Lipinski definition) is 0. The summed E-state index contributed by atoms with van der Waals surface area (Å²) < 4.78 is 6.24. The molecule has 0 saturated carbocycles. The molecule has 0 aliphatic carbocycles. The SMILES string of the molecule is CCCC[PH](CCCC)(CCCC)C(Cl)c1ccc(-c2nnc(-c3ccc(C(Cl)[PH](CCCC)(CCCC)CCCC)cc3)o2)cc1. The number of benzene rings is 2. The van der Waals surface area contributed by atoms with Crippen LogP contribution in [0.5, 0.6) is 0 Å². The third kappa shape index (κ3) is 11.3. The summed E-state index contributed by atoms with van der Waals surface area (Å²) in [7, 11) is -3.36. The Morgan fingerprint density at radius 1 is 0.468 bits per heavy atom. The molecule has 1 heterocycles. The molecule has 0 N–H and O–H groups in total. The predicted molar refractivity (Wildman–Crippen MR) is 218 cm³/mol. The van der Waals surface area contributed by atoms with Gasteiger partial charge in [0.05, 0.1) is 0 Å². The Morgan fingerprint density at radius 3 is 0.957 bits per heavy atom. The zero-order valence-corrected chi connectivity index (χ0v) is 34.1. The second-order valence-corrected chi connectivity index (χ2v) is 25.4. The Kier molecular flexibility index (Phi) is 18.3. The molecule has 0 bridgehead atoms. The fourth-order valence-corrected chi connectivity index (χ4v) is 20.9. The van der Waals surface area contributed by atoms with Gasteiger partial charge in [-0.15, -0.1) is 0 Å². The van der Waals surface area contributed by atoms with Crippen molar-refractivity contribution >= 4 is 37.7 Å². The van der Waals surface area contributed by atoms with E-state index in [1.807, 2.05) is 0 Å². The van der Waals surface area contributed by atoms with E-state index in [9.17, 15) is 0 Å². The van der Waals surface area contributed by atoms with Crippen LogP contribution >= 0.6 is 37.7 Å². The Hall–Kier alpha value is -0.980. The fraction of sp³-hybridized carbons (Fsp3) is 0.650. The number of nitrogens with zero attached hydrogens (tertiary/aromatic N) is 2. The van der Waals surface area contributed by atoms with Crippen molar-refractivity contribution in [2.75, 3.05) is 37.0 Å². The average Bonchev–Trinajstić information content (AvgIpc) is 3.61. The quantitative estimate of drug-likeness (QED) is 0.0682. The molecule has 0 fully saturated rings. The van der Waals surface area contributed by atoms with E-state index in [4.69, 9.17) is 27.6 Å². The van der Waals surface area contributed by atoms with Crippen LogP contribution in [0.2, 0.25) is 0 Å². The van der Waals surface area contributed by atoms with E-state index >= 15 is 0 Å². The predicted octanol–water partition coefficient (Wildman–Crippen LogP) is 14.2. The van der Waals surface area contributed by atoms with Crippen molar-refractivity contribution in [2.24, 2.45) is 0 Å². The molecule has 3 nitrogen and oxygen atoms in total. The van der Waals surface area contributed by atoms with Crippen LogP contribution in [-0.2, 0) is 0 Å². The monoisotopic (exact) mass is 722 g/mol. The van der Waals surface area contributed by atoms with Gasteiger partial charge >= 0.3 is 301 Å². The average molecular weight is 724 g/mol. The summed E-state index contributed by atoms with van der Waals surface area (Å²) in [6.07, 6.45) is 23.1. The normalized spacial score (nSPS) is 14.3. The van der Waals surface area contributed by atoms with Crippen LogP contribution in [0.25, 0.3) is 22.9 Å². The van der Waals surface area contributed by atoms with E-state index in [2.05, 4.69) is 100 Å². The van der Waals surface area contributed by atoms with Gasteiger partial charge < -0.3 is 0 Å². The minimum absolute atomic E-state index is 0.136. The van der Waals surface area contributed by atoms with Crippen molar-refractivity contribution in [1.82, 2.24) is 10.2 Å². The van der Waals surface area contributed by atoms with Gasteiger partial charge in [-0.25, -0.2) is 0 Å². The van der Waals surface area contributed by atoms with E-state index in [0.717, 1.165) is 11.1 Å². The van der Waals surface area contributed by atoms with E-state index in [1.54, 1.807) is 0 Å². The van der Waals surface area contributed by atoms with Gasteiger partial charge in [-0.1, -0.05) is 0 Å². The number of unbranched alkanes of at least 4 members (excludes halogenated alkanes) is 6. The molecule has 2 atom stereocenters. The molecule has 0 radical (unpaired) electrons. The molecule has 266 valence electrons. The van der Waals surface area contributed by atoms with Crippen LogP contribution in [0, 0.1) is 0 Å². The fourth-order valence-electron chi connectivity index (χ4n) is 7.44. The van der Waals surface area contributed by atoms with Crippen molar-refractivity contribution in [2.45, 2.75) is 129 Å². The maximum absolute atomic E-state index is 7.46.